The Morgan fingerprint density at radius 1 is 1.22 bits per heavy atom. The number of benzene rings is 1. The number of nitrogens with one attached hydrogen (secondary N) is 1. The third kappa shape index (κ3) is 2.57. The summed E-state index contributed by atoms with van der Waals surface area (Å²) in [4.78, 5) is 17.4. The van der Waals surface area contributed by atoms with Gasteiger partial charge < -0.3 is 15.8 Å². The summed E-state index contributed by atoms with van der Waals surface area (Å²) in [5, 5.41) is 3.42. The van der Waals surface area contributed by atoms with Gasteiger partial charge in [0.15, 0.2) is 0 Å². The molecule has 8 nitrogen and oxygen atoms in total. The molecule has 4 rings (SSSR count). The van der Waals surface area contributed by atoms with Gasteiger partial charge in [0.2, 0.25) is 17.8 Å². The fraction of sp³-hybridized carbons (Fsp3) is 0.333. The van der Waals surface area contributed by atoms with E-state index in [0.29, 0.717) is 24.3 Å². The lowest BCUT2D eigenvalue weighted by Gasteiger charge is -2.13. The quantitative estimate of drug-likeness (QED) is 0.751. The summed E-state index contributed by atoms with van der Waals surface area (Å²) in [5.41, 5.74) is 7.57. The van der Waals surface area contributed by atoms with E-state index in [1.165, 1.54) is 0 Å². The van der Waals surface area contributed by atoms with Gasteiger partial charge in [0.05, 0.1) is 23.7 Å². The Labute approximate surface area is 132 Å². The van der Waals surface area contributed by atoms with Crippen LogP contribution in [0.3, 0.4) is 0 Å². The van der Waals surface area contributed by atoms with Crippen molar-refractivity contribution in [2.45, 2.75) is 19.4 Å². The van der Waals surface area contributed by atoms with E-state index in [2.05, 4.69) is 25.3 Å². The van der Waals surface area contributed by atoms with Gasteiger partial charge in [-0.3, -0.25) is 0 Å². The second-order valence-corrected chi connectivity index (χ2v) is 5.51. The van der Waals surface area contributed by atoms with Crippen LogP contribution in [0.15, 0.2) is 24.3 Å². The molecule has 8 heteroatoms. The fourth-order valence-electron chi connectivity index (χ4n) is 2.74. The van der Waals surface area contributed by atoms with Crippen molar-refractivity contribution >= 4 is 22.9 Å². The normalized spacial score (nSPS) is 17.7. The Bertz CT molecular complexity index is 834. The minimum Gasteiger partial charge on any atom is -0.379 e. The number of aryl methyl sites for hydroxylation is 1. The predicted molar refractivity (Wildman–Crippen MR) is 86.5 cm³/mol. The molecule has 3 heterocycles. The third-order valence-electron chi connectivity index (χ3n) is 3.78. The zero-order valence-electron chi connectivity index (χ0n) is 12.7. The molecule has 0 bridgehead atoms. The summed E-state index contributed by atoms with van der Waals surface area (Å²) in [7, 11) is 0. The fourth-order valence-corrected chi connectivity index (χ4v) is 2.74. The Kier molecular flexibility index (Phi) is 3.30. The standard InChI is InChI=1S/C15H17N7O/c1-9-17-13(16)21-14(18-9)22-12-5-3-2-4-11(12)20-15(22)19-10-6-7-23-8-10/h2-5,10H,6-8H2,1H3,(H,19,20)(H2,16,17,18,21). The van der Waals surface area contributed by atoms with Crippen molar-refractivity contribution in [1.82, 2.24) is 24.5 Å². The number of nitrogens with zero attached hydrogens (tertiary/aromatic N) is 5. The first-order valence-electron chi connectivity index (χ1n) is 7.51. The van der Waals surface area contributed by atoms with E-state index < -0.39 is 0 Å². The molecular formula is C15H17N7O. The minimum absolute atomic E-state index is 0.195. The van der Waals surface area contributed by atoms with Crippen LogP contribution >= 0.6 is 0 Å². The summed E-state index contributed by atoms with van der Waals surface area (Å²) < 4.78 is 7.30. The molecule has 3 N–H and O–H groups in total. The number of imidazole rings is 1. The Morgan fingerprint density at radius 2 is 2.09 bits per heavy atom. The van der Waals surface area contributed by atoms with E-state index in [1.807, 2.05) is 28.8 Å². The highest BCUT2D eigenvalue weighted by Crippen LogP contribution is 2.24. The number of hydrogen-bond donors (Lipinski definition) is 2. The molecule has 118 valence electrons. The van der Waals surface area contributed by atoms with Gasteiger partial charge in [0, 0.05) is 6.61 Å². The second kappa shape index (κ2) is 5.47. The second-order valence-electron chi connectivity index (χ2n) is 5.51. The van der Waals surface area contributed by atoms with Crippen LogP contribution in [-0.4, -0.2) is 43.8 Å². The first-order valence-corrected chi connectivity index (χ1v) is 7.51. The number of fused-ring (bicyclic) bond motifs is 1. The zero-order valence-corrected chi connectivity index (χ0v) is 12.7. The van der Waals surface area contributed by atoms with E-state index in [9.17, 15) is 0 Å². The van der Waals surface area contributed by atoms with Gasteiger partial charge in [-0.15, -0.1) is 0 Å². The van der Waals surface area contributed by atoms with E-state index in [1.54, 1.807) is 6.92 Å². The van der Waals surface area contributed by atoms with Crippen LogP contribution in [0, 0.1) is 6.92 Å². The third-order valence-corrected chi connectivity index (χ3v) is 3.78. The minimum atomic E-state index is 0.195. The predicted octanol–water partition coefficient (Wildman–Crippen LogP) is 1.30. The van der Waals surface area contributed by atoms with Gasteiger partial charge in [0.25, 0.3) is 0 Å². The molecule has 23 heavy (non-hydrogen) atoms. The Morgan fingerprint density at radius 3 is 2.87 bits per heavy atom. The summed E-state index contributed by atoms with van der Waals surface area (Å²) >= 11 is 0. The van der Waals surface area contributed by atoms with Crippen LogP contribution in [0.25, 0.3) is 17.0 Å². The molecule has 0 aliphatic carbocycles. The monoisotopic (exact) mass is 311 g/mol. The van der Waals surface area contributed by atoms with E-state index in [0.717, 1.165) is 24.1 Å². The molecule has 2 aromatic heterocycles. The molecule has 1 fully saturated rings. The maximum Gasteiger partial charge on any atom is 0.242 e. The summed E-state index contributed by atoms with van der Waals surface area (Å²) in [6.45, 7) is 3.22. The molecule has 0 radical (unpaired) electrons. The van der Waals surface area contributed by atoms with Crippen molar-refractivity contribution in [3.63, 3.8) is 0 Å². The molecule has 3 aromatic rings. The van der Waals surface area contributed by atoms with Crippen molar-refractivity contribution in [2.75, 3.05) is 24.3 Å². The Balaban J connectivity index is 1.87. The highest BCUT2D eigenvalue weighted by Gasteiger charge is 2.21. The van der Waals surface area contributed by atoms with Crippen LogP contribution in [-0.2, 0) is 4.74 Å². The van der Waals surface area contributed by atoms with Crippen molar-refractivity contribution < 1.29 is 4.74 Å². The number of rotatable bonds is 3. The summed E-state index contributed by atoms with van der Waals surface area (Å²) in [6.07, 6.45) is 0.946. The van der Waals surface area contributed by atoms with Gasteiger partial charge in [-0.05, 0) is 25.5 Å². The van der Waals surface area contributed by atoms with E-state index in [-0.39, 0.29) is 12.0 Å². The smallest absolute Gasteiger partial charge is 0.242 e. The number of nitrogen functional groups attached to an aromatic ring is 1. The lowest BCUT2D eigenvalue weighted by atomic mass is 10.3. The molecule has 0 amide bonds. The van der Waals surface area contributed by atoms with Crippen molar-refractivity contribution in [1.29, 1.82) is 0 Å². The van der Waals surface area contributed by atoms with E-state index >= 15 is 0 Å². The highest BCUT2D eigenvalue weighted by atomic mass is 16.5. The molecule has 0 spiro atoms. The highest BCUT2D eigenvalue weighted by molar-refractivity contribution is 5.80. The van der Waals surface area contributed by atoms with Gasteiger partial charge in [-0.25, -0.2) is 9.55 Å². The first kappa shape index (κ1) is 13.9. The number of nitrogens with two attached hydrogens (primary N) is 1. The molecule has 1 unspecified atom stereocenters. The van der Waals surface area contributed by atoms with Crippen LogP contribution < -0.4 is 11.1 Å². The topological polar surface area (TPSA) is 104 Å². The molecule has 1 aliphatic rings. The largest absolute Gasteiger partial charge is 0.379 e. The first-order chi connectivity index (χ1) is 11.2. The van der Waals surface area contributed by atoms with Crippen molar-refractivity contribution in [2.24, 2.45) is 0 Å². The van der Waals surface area contributed by atoms with Gasteiger partial charge in [0.1, 0.15) is 5.82 Å². The van der Waals surface area contributed by atoms with Crippen LogP contribution in [0.5, 0.6) is 0 Å². The molecule has 1 aliphatic heterocycles. The van der Waals surface area contributed by atoms with Crippen LogP contribution in [0.1, 0.15) is 12.2 Å². The van der Waals surface area contributed by atoms with Crippen molar-refractivity contribution in [3.05, 3.63) is 30.1 Å². The molecule has 1 saturated heterocycles. The number of aromatic nitrogens is 5. The van der Waals surface area contributed by atoms with Crippen molar-refractivity contribution in [3.8, 4) is 5.95 Å². The maximum atomic E-state index is 5.79. The summed E-state index contributed by atoms with van der Waals surface area (Å²) in [5.74, 6) is 1.91. The SMILES string of the molecule is Cc1nc(N)nc(-n2c(NC3CCOC3)nc3ccccc32)n1. The Hall–Kier alpha value is -2.74. The van der Waals surface area contributed by atoms with Crippen LogP contribution in [0.4, 0.5) is 11.9 Å². The van der Waals surface area contributed by atoms with Gasteiger partial charge in [-0.2, -0.15) is 15.0 Å². The summed E-state index contributed by atoms with van der Waals surface area (Å²) in [6, 6.07) is 8.08. The average Bonchev–Trinajstić information content (AvgIpc) is 3.13. The molecule has 0 saturated carbocycles. The molecular weight excluding hydrogens is 294 g/mol. The van der Waals surface area contributed by atoms with Gasteiger partial charge >= 0.3 is 0 Å². The maximum absolute atomic E-state index is 5.79. The number of para-hydroxylation sites is 2. The molecule has 1 aromatic carbocycles. The number of ether oxygens (including phenoxy) is 1. The zero-order chi connectivity index (χ0) is 15.8. The lowest BCUT2D eigenvalue weighted by Crippen LogP contribution is -2.22. The van der Waals surface area contributed by atoms with E-state index in [4.69, 9.17) is 10.5 Å². The van der Waals surface area contributed by atoms with Crippen LogP contribution in [0.2, 0.25) is 0 Å². The number of anilines is 2. The molecule has 1 atom stereocenters. The van der Waals surface area contributed by atoms with Gasteiger partial charge in [-0.1, -0.05) is 12.1 Å². The lowest BCUT2D eigenvalue weighted by molar-refractivity contribution is 0.195. The average molecular weight is 311 g/mol. The number of hydrogen-bond acceptors (Lipinski definition) is 7.